The second-order valence-electron chi connectivity index (χ2n) is 5.95. The van der Waals surface area contributed by atoms with Gasteiger partial charge in [-0.05, 0) is 31.4 Å². The van der Waals surface area contributed by atoms with Crippen LogP contribution >= 0.6 is 0 Å². The van der Waals surface area contributed by atoms with Crippen LogP contribution in [0.3, 0.4) is 0 Å². The van der Waals surface area contributed by atoms with E-state index in [9.17, 15) is 4.79 Å². The van der Waals surface area contributed by atoms with Crippen LogP contribution in [0.4, 0.5) is 0 Å². The maximum atomic E-state index is 11.5. The number of carbonyl (C=O) groups excluding carboxylic acids is 1. The van der Waals surface area contributed by atoms with Gasteiger partial charge in [0.05, 0.1) is 11.4 Å². The zero-order chi connectivity index (χ0) is 14.8. The maximum absolute atomic E-state index is 11.5. The lowest BCUT2D eigenvalue weighted by Gasteiger charge is -2.37. The molecule has 1 saturated heterocycles. The van der Waals surface area contributed by atoms with Crippen molar-refractivity contribution in [2.45, 2.75) is 32.4 Å². The first-order valence-corrected chi connectivity index (χ1v) is 7.51. The van der Waals surface area contributed by atoms with Crippen LogP contribution in [0.1, 0.15) is 25.3 Å². The van der Waals surface area contributed by atoms with Gasteiger partial charge in [-0.3, -0.25) is 14.7 Å². The Hall–Kier alpha value is -1.94. The fourth-order valence-electron chi connectivity index (χ4n) is 3.15. The molecule has 2 atom stereocenters. The highest BCUT2D eigenvalue weighted by molar-refractivity contribution is 5.81. The van der Waals surface area contributed by atoms with Gasteiger partial charge in [-0.2, -0.15) is 0 Å². The number of nitrogens with two attached hydrogens (primary N) is 1. The van der Waals surface area contributed by atoms with Crippen LogP contribution in [0.15, 0.2) is 36.5 Å². The predicted molar refractivity (Wildman–Crippen MR) is 83.5 cm³/mol. The molecule has 2 unspecified atom stereocenters. The van der Waals surface area contributed by atoms with E-state index in [0.717, 1.165) is 36.8 Å². The summed E-state index contributed by atoms with van der Waals surface area (Å²) in [5.41, 5.74) is 7.74. The van der Waals surface area contributed by atoms with Crippen molar-refractivity contribution in [1.29, 1.82) is 0 Å². The number of nitrogens with zero attached hydrogens (tertiary/aromatic N) is 2. The van der Waals surface area contributed by atoms with Crippen LogP contribution in [0.2, 0.25) is 0 Å². The molecule has 2 heterocycles. The summed E-state index contributed by atoms with van der Waals surface area (Å²) in [6.07, 6.45) is 3.75. The lowest BCUT2D eigenvalue weighted by molar-refractivity contribution is -0.124. The fraction of sp³-hybridized carbons (Fsp3) is 0.412. The van der Waals surface area contributed by atoms with E-state index in [-0.39, 0.29) is 11.8 Å². The molecule has 4 nitrogen and oxygen atoms in total. The Labute approximate surface area is 125 Å². The summed E-state index contributed by atoms with van der Waals surface area (Å²) >= 11 is 0. The number of pyridine rings is 1. The third kappa shape index (κ3) is 2.90. The molecule has 0 radical (unpaired) electrons. The average molecular weight is 283 g/mol. The zero-order valence-electron chi connectivity index (χ0n) is 12.3. The van der Waals surface area contributed by atoms with E-state index in [1.165, 1.54) is 5.56 Å². The summed E-state index contributed by atoms with van der Waals surface area (Å²) in [7, 11) is 0. The third-order valence-corrected chi connectivity index (χ3v) is 4.50. The number of fused-ring (bicyclic) bond motifs is 1. The molecule has 0 saturated carbocycles. The number of primary amides is 1. The van der Waals surface area contributed by atoms with Gasteiger partial charge in [0, 0.05) is 30.7 Å². The van der Waals surface area contributed by atoms with Crippen LogP contribution < -0.4 is 5.73 Å². The highest BCUT2D eigenvalue weighted by Crippen LogP contribution is 2.25. The summed E-state index contributed by atoms with van der Waals surface area (Å²) in [6, 6.07) is 10.8. The monoisotopic (exact) mass is 283 g/mol. The van der Waals surface area contributed by atoms with E-state index < -0.39 is 0 Å². The highest BCUT2D eigenvalue weighted by Gasteiger charge is 2.28. The fourth-order valence-corrected chi connectivity index (χ4v) is 3.15. The minimum absolute atomic E-state index is 0.0239. The molecular weight excluding hydrogens is 262 g/mol. The smallest absolute Gasteiger partial charge is 0.221 e. The number of hydrogen-bond acceptors (Lipinski definition) is 3. The molecule has 1 aliphatic rings. The first-order chi connectivity index (χ1) is 10.1. The molecule has 1 fully saturated rings. The molecule has 110 valence electrons. The van der Waals surface area contributed by atoms with Crippen molar-refractivity contribution in [2.75, 3.05) is 6.54 Å². The zero-order valence-corrected chi connectivity index (χ0v) is 12.3. The van der Waals surface area contributed by atoms with E-state index >= 15 is 0 Å². The van der Waals surface area contributed by atoms with Crippen molar-refractivity contribution >= 4 is 16.8 Å². The Balaban J connectivity index is 1.85. The molecule has 2 N–H and O–H groups in total. The topological polar surface area (TPSA) is 59.2 Å². The van der Waals surface area contributed by atoms with Gasteiger partial charge in [0.25, 0.3) is 0 Å². The summed E-state index contributed by atoms with van der Waals surface area (Å²) in [4.78, 5) is 18.3. The second kappa shape index (κ2) is 5.82. The number of rotatable bonds is 3. The van der Waals surface area contributed by atoms with Crippen LogP contribution in [-0.2, 0) is 11.3 Å². The van der Waals surface area contributed by atoms with E-state index in [1.807, 2.05) is 12.3 Å². The Morgan fingerprint density at radius 3 is 2.95 bits per heavy atom. The van der Waals surface area contributed by atoms with Gasteiger partial charge < -0.3 is 5.73 Å². The van der Waals surface area contributed by atoms with Gasteiger partial charge >= 0.3 is 0 Å². The molecular formula is C17H21N3O. The number of aromatic nitrogens is 1. The molecule has 21 heavy (non-hydrogen) atoms. The normalized spacial score (nSPS) is 23.3. The van der Waals surface area contributed by atoms with Crippen LogP contribution in [-0.4, -0.2) is 28.4 Å². The first-order valence-electron chi connectivity index (χ1n) is 7.51. The van der Waals surface area contributed by atoms with Gasteiger partial charge in [0.15, 0.2) is 0 Å². The van der Waals surface area contributed by atoms with Crippen molar-refractivity contribution in [3.05, 3.63) is 42.1 Å². The van der Waals surface area contributed by atoms with E-state index in [4.69, 9.17) is 5.73 Å². The van der Waals surface area contributed by atoms with E-state index in [1.54, 1.807) is 0 Å². The molecule has 3 rings (SSSR count). The van der Waals surface area contributed by atoms with Gasteiger partial charge in [-0.25, -0.2) is 0 Å². The SMILES string of the molecule is CC1CCC(C(N)=O)CN1Cc1cccc2cccnc12. The van der Waals surface area contributed by atoms with E-state index in [0.29, 0.717) is 6.04 Å². The van der Waals surface area contributed by atoms with E-state index in [2.05, 4.69) is 41.1 Å². The summed E-state index contributed by atoms with van der Waals surface area (Å²) < 4.78 is 0. The Morgan fingerprint density at radius 1 is 1.33 bits per heavy atom. The minimum atomic E-state index is -0.178. The van der Waals surface area contributed by atoms with Crippen molar-refractivity contribution < 1.29 is 4.79 Å². The number of benzene rings is 1. The number of carbonyl (C=O) groups is 1. The average Bonchev–Trinajstić information content (AvgIpc) is 2.49. The number of likely N-dealkylation sites (tertiary alicyclic amines) is 1. The van der Waals surface area contributed by atoms with Crippen LogP contribution in [0.25, 0.3) is 10.9 Å². The molecule has 1 aliphatic heterocycles. The molecule has 0 bridgehead atoms. The Bertz CT molecular complexity index is 650. The summed E-state index contributed by atoms with van der Waals surface area (Å²) in [6.45, 7) is 3.79. The van der Waals surface area contributed by atoms with Gasteiger partial charge in [0.1, 0.15) is 0 Å². The highest BCUT2D eigenvalue weighted by atomic mass is 16.1. The number of hydrogen-bond donors (Lipinski definition) is 1. The third-order valence-electron chi connectivity index (χ3n) is 4.50. The van der Waals surface area contributed by atoms with Gasteiger partial charge in [-0.15, -0.1) is 0 Å². The standard InChI is InChI=1S/C17H21N3O/c1-12-7-8-15(17(18)21)11-20(12)10-14-5-2-4-13-6-3-9-19-16(13)14/h2-6,9,12,15H,7-8,10-11H2,1H3,(H2,18,21). The minimum Gasteiger partial charge on any atom is -0.369 e. The largest absolute Gasteiger partial charge is 0.369 e. The molecule has 0 aliphatic carbocycles. The first kappa shape index (κ1) is 14.0. The molecule has 1 aromatic carbocycles. The lowest BCUT2D eigenvalue weighted by Crippen LogP contribution is -2.45. The van der Waals surface area contributed by atoms with Crippen molar-refractivity contribution in [3.63, 3.8) is 0 Å². The van der Waals surface area contributed by atoms with Crippen LogP contribution in [0, 0.1) is 5.92 Å². The number of piperidine rings is 1. The molecule has 0 spiro atoms. The van der Waals surface area contributed by atoms with Crippen molar-refractivity contribution in [1.82, 2.24) is 9.88 Å². The Morgan fingerprint density at radius 2 is 2.14 bits per heavy atom. The molecule has 4 heteroatoms. The van der Waals surface area contributed by atoms with Gasteiger partial charge in [-0.1, -0.05) is 24.3 Å². The quantitative estimate of drug-likeness (QED) is 0.940. The Kier molecular flexibility index (Phi) is 3.88. The summed E-state index contributed by atoms with van der Waals surface area (Å²) in [5.74, 6) is -0.202. The second-order valence-corrected chi connectivity index (χ2v) is 5.95. The molecule has 2 aromatic rings. The summed E-state index contributed by atoms with van der Waals surface area (Å²) in [5, 5.41) is 1.16. The van der Waals surface area contributed by atoms with Crippen molar-refractivity contribution in [3.8, 4) is 0 Å². The lowest BCUT2D eigenvalue weighted by atomic mass is 9.92. The molecule has 1 amide bonds. The maximum Gasteiger partial charge on any atom is 0.221 e. The van der Waals surface area contributed by atoms with Crippen LogP contribution in [0.5, 0.6) is 0 Å². The predicted octanol–water partition coefficient (Wildman–Crippen LogP) is 2.32. The van der Waals surface area contributed by atoms with Crippen molar-refractivity contribution in [2.24, 2.45) is 11.7 Å². The molecule has 1 aromatic heterocycles. The number of amides is 1. The number of para-hydroxylation sites is 1. The van der Waals surface area contributed by atoms with Gasteiger partial charge in [0.2, 0.25) is 5.91 Å².